The predicted molar refractivity (Wildman–Crippen MR) is 82.8 cm³/mol. The number of amides is 1. The lowest BCUT2D eigenvalue weighted by Gasteiger charge is -2.10. The Morgan fingerprint density at radius 3 is 2.50 bits per heavy atom. The first-order valence-corrected chi connectivity index (χ1v) is 8.79. The van der Waals surface area contributed by atoms with Crippen LogP contribution >= 0.6 is 0 Å². The van der Waals surface area contributed by atoms with Crippen molar-refractivity contribution in [1.29, 1.82) is 0 Å². The summed E-state index contributed by atoms with van der Waals surface area (Å²) < 4.78 is 63.7. The molecule has 0 saturated carbocycles. The van der Waals surface area contributed by atoms with Crippen LogP contribution in [-0.2, 0) is 21.0 Å². The summed E-state index contributed by atoms with van der Waals surface area (Å²) in [5, 5.41) is 5.54. The molecule has 0 radical (unpaired) electrons. The normalized spacial score (nSPS) is 12.2. The van der Waals surface area contributed by atoms with Crippen molar-refractivity contribution in [3.8, 4) is 0 Å². The minimum Gasteiger partial charge on any atom is -0.354 e. The first kappa shape index (κ1) is 20.4. The summed E-state index contributed by atoms with van der Waals surface area (Å²) in [5.41, 5.74) is -1.07. The van der Waals surface area contributed by atoms with Gasteiger partial charge in [0.1, 0.15) is 0 Å². The molecule has 1 aromatic carbocycles. The molecule has 0 fully saturated rings. The van der Waals surface area contributed by atoms with Gasteiger partial charge in [-0.25, -0.2) is 13.1 Å². The SMILES string of the molecule is CCCNCCNC(=O)CNS(=O)(=O)c1cccc(C(F)(F)F)c1. The number of sulfonamides is 1. The smallest absolute Gasteiger partial charge is 0.354 e. The second-order valence-electron chi connectivity index (χ2n) is 4.95. The summed E-state index contributed by atoms with van der Waals surface area (Å²) in [6.45, 7) is 3.11. The zero-order valence-electron chi connectivity index (χ0n) is 13.1. The largest absolute Gasteiger partial charge is 0.416 e. The van der Waals surface area contributed by atoms with Crippen LogP contribution in [0.1, 0.15) is 18.9 Å². The Bertz CT molecular complexity index is 648. The van der Waals surface area contributed by atoms with E-state index in [1.54, 1.807) is 0 Å². The zero-order valence-corrected chi connectivity index (χ0v) is 13.9. The second kappa shape index (κ2) is 9.00. The maximum Gasteiger partial charge on any atom is 0.416 e. The monoisotopic (exact) mass is 367 g/mol. The van der Waals surface area contributed by atoms with E-state index in [2.05, 4.69) is 10.6 Å². The van der Waals surface area contributed by atoms with Gasteiger partial charge in [0, 0.05) is 13.1 Å². The molecule has 6 nitrogen and oxygen atoms in total. The van der Waals surface area contributed by atoms with Crippen molar-refractivity contribution in [3.05, 3.63) is 29.8 Å². The molecule has 3 N–H and O–H groups in total. The van der Waals surface area contributed by atoms with E-state index in [1.807, 2.05) is 11.6 Å². The molecule has 0 spiro atoms. The fraction of sp³-hybridized carbons (Fsp3) is 0.500. The number of hydrogen-bond donors (Lipinski definition) is 3. The summed E-state index contributed by atoms with van der Waals surface area (Å²) in [5.74, 6) is -0.566. The van der Waals surface area contributed by atoms with Gasteiger partial charge in [0.25, 0.3) is 0 Å². The van der Waals surface area contributed by atoms with Gasteiger partial charge in [0.2, 0.25) is 15.9 Å². The maximum atomic E-state index is 12.6. The molecule has 24 heavy (non-hydrogen) atoms. The average Bonchev–Trinajstić information content (AvgIpc) is 2.52. The van der Waals surface area contributed by atoms with Gasteiger partial charge in [0.15, 0.2) is 0 Å². The zero-order chi connectivity index (χ0) is 18.2. The molecule has 1 amide bonds. The maximum absolute atomic E-state index is 12.6. The van der Waals surface area contributed by atoms with Gasteiger partial charge in [-0.3, -0.25) is 4.79 Å². The Balaban J connectivity index is 2.56. The molecule has 0 saturated heterocycles. The summed E-state index contributed by atoms with van der Waals surface area (Å²) in [6.07, 6.45) is -3.70. The first-order valence-electron chi connectivity index (χ1n) is 7.31. The van der Waals surface area contributed by atoms with Gasteiger partial charge in [-0.15, -0.1) is 0 Å². The van der Waals surface area contributed by atoms with E-state index in [-0.39, 0.29) is 0 Å². The van der Waals surface area contributed by atoms with Crippen LogP contribution in [0.2, 0.25) is 0 Å². The number of rotatable bonds is 9. The fourth-order valence-electron chi connectivity index (χ4n) is 1.74. The lowest BCUT2D eigenvalue weighted by molar-refractivity contribution is -0.137. The molecule has 136 valence electrons. The molecule has 10 heteroatoms. The number of carbonyl (C=O) groups excluding carboxylic acids is 1. The van der Waals surface area contributed by atoms with Crippen molar-refractivity contribution >= 4 is 15.9 Å². The molecule has 1 rings (SSSR count). The summed E-state index contributed by atoms with van der Waals surface area (Å²) >= 11 is 0. The highest BCUT2D eigenvalue weighted by Crippen LogP contribution is 2.30. The lowest BCUT2D eigenvalue weighted by atomic mass is 10.2. The summed E-state index contributed by atoms with van der Waals surface area (Å²) in [7, 11) is -4.20. The predicted octanol–water partition coefficient (Wildman–Crippen LogP) is 1.10. The fourth-order valence-corrected chi connectivity index (χ4v) is 2.77. The Hall–Kier alpha value is -1.65. The minimum atomic E-state index is -4.64. The first-order chi connectivity index (χ1) is 11.2. The van der Waals surface area contributed by atoms with Crippen molar-refractivity contribution in [1.82, 2.24) is 15.4 Å². The molecule has 1 aromatic rings. The van der Waals surface area contributed by atoms with E-state index in [0.29, 0.717) is 19.2 Å². The minimum absolute atomic E-state index is 0.324. The van der Waals surface area contributed by atoms with Crippen LogP contribution in [-0.4, -0.2) is 40.5 Å². The third-order valence-corrected chi connectivity index (χ3v) is 4.34. The molecule has 0 aliphatic heterocycles. The Morgan fingerprint density at radius 1 is 1.17 bits per heavy atom. The molecular formula is C14H20F3N3O3S. The molecule has 0 atom stereocenters. The third kappa shape index (κ3) is 6.85. The molecule has 0 unspecified atom stereocenters. The molecule has 0 aliphatic carbocycles. The van der Waals surface area contributed by atoms with Gasteiger partial charge < -0.3 is 10.6 Å². The van der Waals surface area contributed by atoms with Crippen molar-refractivity contribution in [2.45, 2.75) is 24.4 Å². The average molecular weight is 367 g/mol. The summed E-state index contributed by atoms with van der Waals surface area (Å²) in [4.78, 5) is 11.0. The number of hydrogen-bond acceptors (Lipinski definition) is 4. The second-order valence-corrected chi connectivity index (χ2v) is 6.72. The quantitative estimate of drug-likeness (QED) is 0.571. The molecule has 0 aliphatic rings. The van der Waals surface area contributed by atoms with Crippen molar-refractivity contribution in [2.75, 3.05) is 26.2 Å². The van der Waals surface area contributed by atoms with Crippen LogP contribution in [0.15, 0.2) is 29.2 Å². The molecule has 0 bridgehead atoms. The number of benzene rings is 1. The van der Waals surface area contributed by atoms with Crippen molar-refractivity contribution in [3.63, 3.8) is 0 Å². The van der Waals surface area contributed by atoms with Gasteiger partial charge >= 0.3 is 6.18 Å². The van der Waals surface area contributed by atoms with Gasteiger partial charge in [-0.2, -0.15) is 13.2 Å². The van der Waals surface area contributed by atoms with Gasteiger partial charge in [0.05, 0.1) is 17.0 Å². The Morgan fingerprint density at radius 2 is 1.88 bits per heavy atom. The van der Waals surface area contributed by atoms with Crippen molar-refractivity contribution < 1.29 is 26.4 Å². The third-order valence-electron chi connectivity index (χ3n) is 2.95. The van der Waals surface area contributed by atoms with E-state index in [9.17, 15) is 26.4 Å². The number of alkyl halides is 3. The Kier molecular flexibility index (Phi) is 7.64. The van der Waals surface area contributed by atoms with Crippen LogP contribution in [0.5, 0.6) is 0 Å². The van der Waals surface area contributed by atoms with Gasteiger partial charge in [-0.1, -0.05) is 13.0 Å². The van der Waals surface area contributed by atoms with Crippen LogP contribution in [0.25, 0.3) is 0 Å². The lowest BCUT2D eigenvalue weighted by Crippen LogP contribution is -2.39. The van der Waals surface area contributed by atoms with Crippen molar-refractivity contribution in [2.24, 2.45) is 0 Å². The standard InChI is InChI=1S/C14H20F3N3O3S/c1-2-6-18-7-8-19-13(21)10-20-24(22,23)12-5-3-4-11(9-12)14(15,16)17/h3-5,9,18,20H,2,6-8,10H2,1H3,(H,19,21). The van der Waals surface area contributed by atoms with E-state index < -0.39 is 39.1 Å². The van der Waals surface area contributed by atoms with Crippen LogP contribution in [0.3, 0.4) is 0 Å². The van der Waals surface area contributed by atoms with E-state index in [1.165, 1.54) is 0 Å². The number of halogens is 3. The Labute approximate surface area is 138 Å². The highest BCUT2D eigenvalue weighted by Gasteiger charge is 2.31. The van der Waals surface area contributed by atoms with E-state index in [0.717, 1.165) is 31.2 Å². The molecule has 0 heterocycles. The number of nitrogens with one attached hydrogen (secondary N) is 3. The van der Waals surface area contributed by atoms with Crippen LogP contribution < -0.4 is 15.4 Å². The summed E-state index contributed by atoms with van der Waals surface area (Å²) in [6, 6.07) is 3.32. The molecular weight excluding hydrogens is 347 g/mol. The van der Waals surface area contributed by atoms with Crippen LogP contribution in [0.4, 0.5) is 13.2 Å². The topological polar surface area (TPSA) is 87.3 Å². The van der Waals surface area contributed by atoms with E-state index >= 15 is 0 Å². The van der Waals surface area contributed by atoms with Crippen LogP contribution in [0, 0.1) is 0 Å². The highest BCUT2D eigenvalue weighted by molar-refractivity contribution is 7.89. The number of carbonyl (C=O) groups is 1. The van der Waals surface area contributed by atoms with E-state index in [4.69, 9.17) is 0 Å². The highest BCUT2D eigenvalue weighted by atomic mass is 32.2. The van der Waals surface area contributed by atoms with Gasteiger partial charge in [-0.05, 0) is 31.2 Å². The molecule has 0 aromatic heterocycles.